The Hall–Kier alpha value is 1.88. The number of hydrogen-bond donors (Lipinski definition) is 1. The molecule has 7 heavy (non-hydrogen) atoms. The topological polar surface area (TPSA) is 3.24 Å². The first-order valence-corrected chi connectivity index (χ1v) is 2.40. The van der Waals surface area contributed by atoms with E-state index >= 15 is 0 Å². The molecule has 0 aliphatic carbocycles. The van der Waals surface area contributed by atoms with Gasteiger partial charge in [0, 0.05) is 14.1 Å². The first-order valence-electron chi connectivity index (χ1n) is 1.55. The number of nitrogens with zero attached hydrogens (tertiary/aromatic N) is 1. The third-order valence-corrected chi connectivity index (χ3v) is 1.15. The fraction of sp³-hybridized carbons (Fsp3) is 0.667. The van der Waals surface area contributed by atoms with Crippen LogP contribution in [0.25, 0.3) is 0 Å². The summed E-state index contributed by atoms with van der Waals surface area (Å²) in [4.78, 5) is 1.76. The molecule has 0 radical (unpaired) electrons. The molecule has 0 aromatic heterocycles. The predicted molar refractivity (Wildman–Crippen MR) is 36.4 cm³/mol. The SMILES string of the molecule is CN(C)C(=S)S.[H-].[K+]. The summed E-state index contributed by atoms with van der Waals surface area (Å²) in [6, 6.07) is 0. The van der Waals surface area contributed by atoms with Crippen molar-refractivity contribution in [1.82, 2.24) is 4.90 Å². The van der Waals surface area contributed by atoms with Crippen LogP contribution in [-0.2, 0) is 0 Å². The molecule has 38 valence electrons. The van der Waals surface area contributed by atoms with Crippen LogP contribution in [0.3, 0.4) is 0 Å². The minimum absolute atomic E-state index is 0. The fourth-order valence-electron chi connectivity index (χ4n) is 0. The smallest absolute Gasteiger partial charge is 1.00 e. The molecule has 0 saturated carbocycles. The fourth-order valence-corrected chi connectivity index (χ4v) is 0. The Balaban J connectivity index is -0.000000125. The van der Waals surface area contributed by atoms with Crippen molar-refractivity contribution in [2.24, 2.45) is 0 Å². The van der Waals surface area contributed by atoms with E-state index in [9.17, 15) is 0 Å². The van der Waals surface area contributed by atoms with E-state index in [1.54, 1.807) is 4.90 Å². The van der Waals surface area contributed by atoms with Gasteiger partial charge in [0.05, 0.1) is 0 Å². The van der Waals surface area contributed by atoms with Gasteiger partial charge in [-0.15, -0.1) is 12.6 Å². The van der Waals surface area contributed by atoms with Gasteiger partial charge in [0.2, 0.25) is 0 Å². The molecule has 0 N–H and O–H groups in total. The minimum Gasteiger partial charge on any atom is -1.00 e. The summed E-state index contributed by atoms with van der Waals surface area (Å²) in [6.07, 6.45) is 0. The van der Waals surface area contributed by atoms with Crippen LogP contribution in [-0.4, -0.2) is 23.3 Å². The van der Waals surface area contributed by atoms with Crippen molar-refractivity contribution >= 4 is 29.2 Å². The number of thiol groups is 1. The van der Waals surface area contributed by atoms with Gasteiger partial charge in [-0.2, -0.15) is 0 Å². The maximum atomic E-state index is 4.61. The summed E-state index contributed by atoms with van der Waals surface area (Å²) < 4.78 is 0.620. The van der Waals surface area contributed by atoms with Crippen molar-refractivity contribution in [3.63, 3.8) is 0 Å². The minimum atomic E-state index is 0. The number of thiocarbonyl (C=S) groups is 1. The molecule has 0 aromatic carbocycles. The Morgan fingerprint density at radius 2 is 1.86 bits per heavy atom. The van der Waals surface area contributed by atoms with Crippen LogP contribution >= 0.6 is 24.8 Å². The van der Waals surface area contributed by atoms with Crippen molar-refractivity contribution in [3.8, 4) is 0 Å². The molecule has 0 spiro atoms. The number of hydrogen-bond acceptors (Lipinski definition) is 1. The van der Waals surface area contributed by atoms with Crippen LogP contribution < -0.4 is 51.4 Å². The Kier molecular flexibility index (Phi) is 9.99. The molecule has 0 rings (SSSR count). The van der Waals surface area contributed by atoms with Gasteiger partial charge in [0.25, 0.3) is 0 Å². The molecule has 1 nitrogen and oxygen atoms in total. The van der Waals surface area contributed by atoms with Crippen molar-refractivity contribution in [3.05, 3.63) is 0 Å². The first-order chi connectivity index (χ1) is 2.64. The maximum Gasteiger partial charge on any atom is 1.00 e. The Labute approximate surface area is 99.2 Å². The maximum absolute atomic E-state index is 4.61. The summed E-state index contributed by atoms with van der Waals surface area (Å²) >= 11 is 8.46. The van der Waals surface area contributed by atoms with Gasteiger partial charge in [-0.05, 0) is 0 Å². The Morgan fingerprint density at radius 1 is 1.71 bits per heavy atom. The van der Waals surface area contributed by atoms with Crippen LogP contribution in [0.5, 0.6) is 0 Å². The quantitative estimate of drug-likeness (QED) is 0.246. The molecule has 0 bridgehead atoms. The van der Waals surface area contributed by atoms with E-state index in [0.29, 0.717) is 4.32 Å². The zero-order valence-electron chi connectivity index (χ0n) is 5.80. The van der Waals surface area contributed by atoms with E-state index in [1.807, 2.05) is 14.1 Å². The molecule has 0 atom stereocenters. The van der Waals surface area contributed by atoms with Crippen LogP contribution in [0.1, 0.15) is 1.43 Å². The van der Waals surface area contributed by atoms with E-state index in [-0.39, 0.29) is 52.8 Å². The summed E-state index contributed by atoms with van der Waals surface area (Å²) in [6.45, 7) is 0. The van der Waals surface area contributed by atoms with Gasteiger partial charge in [-0.3, -0.25) is 0 Å². The van der Waals surface area contributed by atoms with Crippen LogP contribution in [0.2, 0.25) is 0 Å². The second-order valence-electron chi connectivity index (χ2n) is 1.18. The van der Waals surface area contributed by atoms with Crippen molar-refractivity contribution in [1.29, 1.82) is 0 Å². The largest absolute Gasteiger partial charge is 1.00 e. The average molecular weight is 161 g/mol. The summed E-state index contributed by atoms with van der Waals surface area (Å²) in [5.41, 5.74) is 0. The molecular formula is C3H8KNS2. The van der Waals surface area contributed by atoms with E-state index in [1.165, 1.54) is 0 Å². The van der Waals surface area contributed by atoms with Crippen molar-refractivity contribution < 1.29 is 52.8 Å². The number of rotatable bonds is 0. The molecule has 0 fully saturated rings. The average Bonchev–Trinajstić information content (AvgIpc) is 1.36. The van der Waals surface area contributed by atoms with Gasteiger partial charge < -0.3 is 6.33 Å². The summed E-state index contributed by atoms with van der Waals surface area (Å²) in [5, 5.41) is 0. The van der Waals surface area contributed by atoms with E-state index in [0.717, 1.165) is 0 Å². The van der Waals surface area contributed by atoms with Crippen LogP contribution in [0.15, 0.2) is 0 Å². The monoisotopic (exact) mass is 161 g/mol. The third-order valence-electron chi connectivity index (χ3n) is 0.383. The molecule has 0 amide bonds. The van der Waals surface area contributed by atoms with Gasteiger partial charge >= 0.3 is 51.4 Å². The summed E-state index contributed by atoms with van der Waals surface area (Å²) in [5.74, 6) is 0. The first kappa shape index (κ1) is 11.6. The van der Waals surface area contributed by atoms with Crippen LogP contribution in [0, 0.1) is 0 Å². The molecule has 0 aliphatic rings. The predicted octanol–water partition coefficient (Wildman–Crippen LogP) is -2.12. The standard InChI is InChI=1S/C3H7NS2.K.H/c1-4(2)3(5)6;;/h1-2H3,(H,5,6);;/q;+1;-1. The molecule has 0 aromatic rings. The van der Waals surface area contributed by atoms with E-state index in [2.05, 4.69) is 24.8 Å². The van der Waals surface area contributed by atoms with Gasteiger partial charge in [0.15, 0.2) is 0 Å². The zero-order chi connectivity index (χ0) is 5.15. The second kappa shape index (κ2) is 6.00. The van der Waals surface area contributed by atoms with Gasteiger partial charge in [0.1, 0.15) is 4.32 Å². The van der Waals surface area contributed by atoms with Gasteiger partial charge in [-0.25, -0.2) is 0 Å². The zero-order valence-corrected chi connectivity index (χ0v) is 9.64. The van der Waals surface area contributed by atoms with Crippen molar-refractivity contribution in [2.75, 3.05) is 14.1 Å². The van der Waals surface area contributed by atoms with Crippen LogP contribution in [0.4, 0.5) is 0 Å². The molecule has 0 heterocycles. The third kappa shape index (κ3) is 7.88. The Bertz CT molecular complexity index is 68.3. The molecule has 4 heteroatoms. The second-order valence-corrected chi connectivity index (χ2v) is 2.29. The van der Waals surface area contributed by atoms with E-state index < -0.39 is 0 Å². The Morgan fingerprint density at radius 3 is 1.86 bits per heavy atom. The van der Waals surface area contributed by atoms with Gasteiger partial charge in [-0.1, -0.05) is 12.2 Å². The normalized spacial score (nSPS) is 6.71. The molecule has 0 aliphatic heterocycles. The molecule has 0 saturated heterocycles. The molecular weight excluding hydrogens is 153 g/mol. The molecule has 0 unspecified atom stereocenters. The van der Waals surface area contributed by atoms with E-state index in [4.69, 9.17) is 0 Å². The summed E-state index contributed by atoms with van der Waals surface area (Å²) in [7, 11) is 3.71. The van der Waals surface area contributed by atoms with Crippen molar-refractivity contribution in [2.45, 2.75) is 0 Å².